The van der Waals surface area contributed by atoms with Gasteiger partial charge in [0.25, 0.3) is 5.91 Å². The Labute approximate surface area is 195 Å². The van der Waals surface area contributed by atoms with Crippen molar-refractivity contribution in [2.24, 2.45) is 5.84 Å². The lowest BCUT2D eigenvalue weighted by molar-refractivity contribution is 0.102. The van der Waals surface area contributed by atoms with Crippen LogP contribution in [0.2, 0.25) is 5.02 Å². The number of pyridine rings is 1. The maximum absolute atomic E-state index is 13.5. The molecule has 1 aliphatic heterocycles. The Morgan fingerprint density at radius 2 is 2.22 bits per heavy atom. The summed E-state index contributed by atoms with van der Waals surface area (Å²) in [6.45, 7) is 1.06. The number of benzene rings is 1. The Kier molecular flexibility index (Phi) is 6.22. The van der Waals surface area contributed by atoms with Crippen molar-refractivity contribution in [1.29, 1.82) is 0 Å². The summed E-state index contributed by atoms with van der Waals surface area (Å²) in [6.07, 6.45) is 3.45. The highest BCUT2D eigenvalue weighted by atomic mass is 79.9. The van der Waals surface area contributed by atoms with Crippen LogP contribution in [0.15, 0.2) is 35.1 Å². The number of nitrogens with one attached hydrogen (secondary N) is 2. The second-order valence-corrected chi connectivity index (χ2v) is 8.66. The molecule has 0 bridgehead atoms. The highest BCUT2D eigenvalue weighted by molar-refractivity contribution is 9.10. The summed E-state index contributed by atoms with van der Waals surface area (Å²) in [5, 5.41) is 13.4. The largest absolute Gasteiger partial charge is 0.464 e. The molecule has 0 radical (unpaired) electrons. The molecule has 5 N–H and O–H groups in total. The summed E-state index contributed by atoms with van der Waals surface area (Å²) in [6, 6.07) is 3.35. The van der Waals surface area contributed by atoms with Crippen molar-refractivity contribution in [1.82, 2.24) is 15.0 Å². The third kappa shape index (κ3) is 4.23. The molecule has 3 heterocycles. The first kappa shape index (κ1) is 22.3. The molecular weight excluding hydrogens is 507 g/mol. The van der Waals surface area contributed by atoms with E-state index in [4.69, 9.17) is 17.4 Å². The van der Waals surface area contributed by atoms with Crippen LogP contribution < -0.4 is 16.1 Å². The van der Waals surface area contributed by atoms with Crippen LogP contribution in [0.1, 0.15) is 23.2 Å². The number of carbonyl (C=O) groups is 2. The lowest BCUT2D eigenvalue weighted by atomic mass is 10.0. The molecule has 1 atom stereocenters. The van der Waals surface area contributed by atoms with Crippen molar-refractivity contribution in [3.63, 3.8) is 0 Å². The average Bonchev–Trinajstić information content (AvgIpc) is 3.17. The fourth-order valence-electron chi connectivity index (χ4n) is 3.84. The minimum absolute atomic E-state index is 0.147. The summed E-state index contributed by atoms with van der Waals surface area (Å²) in [7, 11) is 0. The van der Waals surface area contributed by atoms with Gasteiger partial charge in [0, 0.05) is 31.0 Å². The molecule has 1 saturated heterocycles. The first-order chi connectivity index (χ1) is 15.3. The number of aromatic nitrogens is 2. The number of H-pyrrole nitrogens is 1. The van der Waals surface area contributed by atoms with Crippen molar-refractivity contribution >= 4 is 61.9 Å². The minimum Gasteiger partial charge on any atom is -0.464 e. The van der Waals surface area contributed by atoms with E-state index in [0.717, 1.165) is 23.2 Å². The van der Waals surface area contributed by atoms with Gasteiger partial charge in [0.15, 0.2) is 0 Å². The number of hydrogen-bond donors (Lipinski definition) is 4. The van der Waals surface area contributed by atoms with Crippen molar-refractivity contribution in [2.75, 3.05) is 23.3 Å². The van der Waals surface area contributed by atoms with E-state index in [1.807, 2.05) is 4.90 Å². The van der Waals surface area contributed by atoms with Crippen molar-refractivity contribution < 1.29 is 19.1 Å². The Morgan fingerprint density at radius 1 is 1.44 bits per heavy atom. The lowest BCUT2D eigenvalue weighted by Gasteiger charge is -2.38. The highest BCUT2D eigenvalue weighted by Crippen LogP contribution is 2.39. The van der Waals surface area contributed by atoms with Crippen LogP contribution in [0.25, 0.3) is 11.0 Å². The second kappa shape index (κ2) is 8.93. The zero-order valence-corrected chi connectivity index (χ0v) is 19.0. The molecule has 0 aliphatic carbocycles. The minimum atomic E-state index is -1.19. The summed E-state index contributed by atoms with van der Waals surface area (Å²) in [4.78, 5) is 33.5. The number of piperidine rings is 1. The molecule has 4 rings (SSSR count). The van der Waals surface area contributed by atoms with Gasteiger partial charge in [-0.2, -0.15) is 0 Å². The van der Waals surface area contributed by atoms with E-state index in [2.05, 4.69) is 31.2 Å². The maximum atomic E-state index is 13.5. The number of amides is 2. The number of fused-ring (bicyclic) bond motifs is 1. The molecular formula is C20H19BrClFN6O3. The smallest absolute Gasteiger partial charge is 0.421 e. The van der Waals surface area contributed by atoms with Gasteiger partial charge in [-0.1, -0.05) is 11.6 Å². The van der Waals surface area contributed by atoms with E-state index in [-0.39, 0.29) is 16.6 Å². The van der Waals surface area contributed by atoms with Crippen LogP contribution in [-0.2, 0) is 0 Å². The van der Waals surface area contributed by atoms with Gasteiger partial charge >= 0.3 is 6.09 Å². The molecule has 168 valence electrons. The van der Waals surface area contributed by atoms with Gasteiger partial charge in [-0.15, -0.1) is 0 Å². The quantitative estimate of drug-likeness (QED) is 0.230. The van der Waals surface area contributed by atoms with Crippen LogP contribution in [0.3, 0.4) is 0 Å². The number of hydrogen-bond acceptors (Lipinski definition) is 5. The number of halogens is 3. The summed E-state index contributed by atoms with van der Waals surface area (Å²) >= 11 is 9.34. The number of carbonyl (C=O) groups excluding carboxylic acids is 1. The molecule has 3 aromatic rings. The van der Waals surface area contributed by atoms with Gasteiger partial charge in [-0.25, -0.2) is 25.0 Å². The van der Waals surface area contributed by atoms with Crippen LogP contribution in [-0.4, -0.2) is 51.2 Å². The third-order valence-corrected chi connectivity index (χ3v) is 6.26. The standard InChI is InChI=1S/C20H19BrClFN6O3/c21-12-7-25-18-16(17(12)28-5-1-2-11(9-28)29(24)20(31)32)15(8-26-18)27-19(30)10-3-4-14(23)13(22)6-10/h3-4,6-8,11H,1-2,5,9,24H2,(H,25,26)(H,27,30)(H,31,32)/t11-/m1/s1. The van der Waals surface area contributed by atoms with Gasteiger partial charge in [-0.3, -0.25) is 4.79 Å². The molecule has 1 aliphatic rings. The SMILES string of the molecule is NN(C(=O)O)[C@@H]1CCCN(c2c(Br)cnc3[nH]cc(NC(=O)c4ccc(F)c(Cl)c4)c23)C1. The van der Waals surface area contributed by atoms with Crippen LogP contribution >= 0.6 is 27.5 Å². The monoisotopic (exact) mass is 524 g/mol. The molecule has 0 spiro atoms. The topological polar surface area (TPSA) is 128 Å². The number of nitrogens with zero attached hydrogens (tertiary/aromatic N) is 3. The Morgan fingerprint density at radius 3 is 2.94 bits per heavy atom. The number of rotatable bonds is 4. The van der Waals surface area contributed by atoms with Gasteiger partial charge in [-0.05, 0) is 47.0 Å². The van der Waals surface area contributed by atoms with Gasteiger partial charge in [0.2, 0.25) is 0 Å². The fourth-order valence-corrected chi connectivity index (χ4v) is 4.57. The molecule has 0 saturated carbocycles. The number of hydrazine groups is 1. The van der Waals surface area contributed by atoms with Crippen LogP contribution in [0, 0.1) is 5.82 Å². The number of carboxylic acid groups (broad SMARTS) is 1. The molecule has 1 fully saturated rings. The third-order valence-electron chi connectivity index (χ3n) is 5.39. The number of anilines is 2. The predicted molar refractivity (Wildman–Crippen MR) is 122 cm³/mol. The molecule has 12 heteroatoms. The molecule has 9 nitrogen and oxygen atoms in total. The van der Waals surface area contributed by atoms with E-state index in [0.29, 0.717) is 40.7 Å². The van der Waals surface area contributed by atoms with E-state index in [1.165, 1.54) is 12.1 Å². The fraction of sp³-hybridized carbons (Fsp3) is 0.250. The number of nitrogens with two attached hydrogens (primary N) is 1. The van der Waals surface area contributed by atoms with E-state index in [9.17, 15) is 19.1 Å². The van der Waals surface area contributed by atoms with E-state index >= 15 is 0 Å². The van der Waals surface area contributed by atoms with Crippen molar-refractivity contribution in [3.05, 3.63) is 51.5 Å². The lowest BCUT2D eigenvalue weighted by Crippen LogP contribution is -2.53. The molecule has 2 amide bonds. The second-order valence-electron chi connectivity index (χ2n) is 7.40. The summed E-state index contributed by atoms with van der Waals surface area (Å²) in [5.41, 5.74) is 1.97. The van der Waals surface area contributed by atoms with Gasteiger partial charge in [0.05, 0.1) is 32.3 Å². The van der Waals surface area contributed by atoms with Crippen LogP contribution in [0.4, 0.5) is 20.6 Å². The zero-order chi connectivity index (χ0) is 23.0. The molecule has 2 aromatic heterocycles. The highest BCUT2D eigenvalue weighted by Gasteiger charge is 2.29. The van der Waals surface area contributed by atoms with Crippen LogP contribution in [0.5, 0.6) is 0 Å². The molecule has 0 unspecified atom stereocenters. The summed E-state index contributed by atoms with van der Waals surface area (Å²) in [5.74, 6) is 4.65. The normalized spacial score (nSPS) is 16.2. The predicted octanol–water partition coefficient (Wildman–Crippen LogP) is 4.19. The Hall–Kier alpha value is -2.89. The van der Waals surface area contributed by atoms with E-state index < -0.39 is 17.8 Å². The first-order valence-electron chi connectivity index (χ1n) is 9.70. The van der Waals surface area contributed by atoms with Crippen molar-refractivity contribution in [3.8, 4) is 0 Å². The maximum Gasteiger partial charge on any atom is 0.421 e. The summed E-state index contributed by atoms with van der Waals surface area (Å²) < 4.78 is 14.1. The Balaban J connectivity index is 1.69. The van der Waals surface area contributed by atoms with Gasteiger partial charge < -0.3 is 20.3 Å². The average molecular weight is 526 g/mol. The molecule has 1 aromatic carbocycles. The first-order valence-corrected chi connectivity index (χ1v) is 10.9. The molecule has 32 heavy (non-hydrogen) atoms. The Bertz CT molecular complexity index is 1210. The zero-order valence-electron chi connectivity index (χ0n) is 16.6. The number of aromatic amines is 1. The van der Waals surface area contributed by atoms with Crippen molar-refractivity contribution in [2.45, 2.75) is 18.9 Å². The van der Waals surface area contributed by atoms with Gasteiger partial charge in [0.1, 0.15) is 11.5 Å². The van der Waals surface area contributed by atoms with E-state index in [1.54, 1.807) is 12.4 Å².